The maximum Gasteiger partial charge on any atom is 0.300 e. The van der Waals surface area contributed by atoms with Gasteiger partial charge in [0.15, 0.2) is 5.82 Å². The third-order valence-corrected chi connectivity index (χ3v) is 9.87. The molecule has 0 spiro atoms. The average Bonchev–Trinajstić information content (AvgIpc) is 3.85. The van der Waals surface area contributed by atoms with Crippen LogP contribution in [0, 0.1) is 6.92 Å². The molecule has 0 aliphatic heterocycles. The summed E-state index contributed by atoms with van der Waals surface area (Å²) in [4.78, 5) is 28.1. The molecule has 0 aliphatic rings. The zero-order chi connectivity index (χ0) is 35.3. The molecular weight excluding hydrogens is 762 g/mol. The van der Waals surface area contributed by atoms with E-state index in [0.717, 1.165) is 32.7 Å². The lowest BCUT2D eigenvalue weighted by molar-refractivity contribution is 0.101. The van der Waals surface area contributed by atoms with Crippen molar-refractivity contribution >= 4 is 60.9 Å². The summed E-state index contributed by atoms with van der Waals surface area (Å²) >= 11 is 10.2. The van der Waals surface area contributed by atoms with E-state index in [-0.39, 0.29) is 15.9 Å². The van der Waals surface area contributed by atoms with Crippen molar-refractivity contribution in [3.63, 3.8) is 0 Å². The average molecular weight is 789 g/mol. The highest BCUT2D eigenvalue weighted by atomic mass is 79.9. The van der Waals surface area contributed by atoms with Gasteiger partial charge in [0.1, 0.15) is 5.82 Å². The number of nitrogens with zero attached hydrogens (tertiary/aromatic N) is 6. The number of halogens is 2. The molecule has 16 heteroatoms. The van der Waals surface area contributed by atoms with Crippen LogP contribution in [-0.4, -0.2) is 43.0 Å². The van der Waals surface area contributed by atoms with E-state index in [1.807, 2.05) is 60.7 Å². The third-order valence-electron chi connectivity index (χ3n) is 7.04. The normalized spacial score (nSPS) is 11.0. The summed E-state index contributed by atoms with van der Waals surface area (Å²) in [5.74, 6) is 0.774. The van der Waals surface area contributed by atoms with Crippen LogP contribution in [0.15, 0.2) is 131 Å². The van der Waals surface area contributed by atoms with Gasteiger partial charge in [-0.05, 0) is 67.0 Å². The molecule has 0 unspecified atom stereocenters. The molecule has 4 N–H and O–H groups in total. The summed E-state index contributed by atoms with van der Waals surface area (Å²) in [5, 5.41) is 0.839. The molecule has 50 heavy (non-hydrogen) atoms. The SMILES string of the molecule is Cc1nc(-c2ccccc2)cn1NS(=O)(=O)c1ccc(Br)cc1.Nc1nc(-c2ccccc2)cn1NC(=O)c1nc(-c2ccc(Cl)cc2)ns1. The lowest BCUT2D eigenvalue weighted by atomic mass is 10.2. The number of rotatable bonds is 8. The third kappa shape index (κ3) is 8.26. The van der Waals surface area contributed by atoms with Gasteiger partial charge in [-0.1, -0.05) is 88.2 Å². The van der Waals surface area contributed by atoms with E-state index in [0.29, 0.717) is 28.1 Å². The van der Waals surface area contributed by atoms with Crippen molar-refractivity contribution in [3.05, 3.63) is 142 Å². The van der Waals surface area contributed by atoms with Crippen LogP contribution in [0.3, 0.4) is 0 Å². The monoisotopic (exact) mass is 787 g/mol. The predicted molar refractivity (Wildman–Crippen MR) is 199 cm³/mol. The minimum Gasteiger partial charge on any atom is -0.368 e. The number of hydrogen-bond acceptors (Lipinski definition) is 9. The molecule has 12 nitrogen and oxygen atoms in total. The number of nitrogens with one attached hydrogen (secondary N) is 2. The number of aryl methyl sites for hydroxylation is 1. The van der Waals surface area contributed by atoms with Crippen LogP contribution in [0.25, 0.3) is 33.9 Å². The zero-order valence-electron chi connectivity index (χ0n) is 26.1. The Morgan fingerprint density at radius 1 is 0.780 bits per heavy atom. The van der Waals surface area contributed by atoms with Gasteiger partial charge in [-0.15, -0.1) is 0 Å². The van der Waals surface area contributed by atoms with Gasteiger partial charge < -0.3 is 5.73 Å². The second kappa shape index (κ2) is 15.0. The molecule has 0 fully saturated rings. The number of imidazole rings is 2. The van der Waals surface area contributed by atoms with Gasteiger partial charge in [-0.2, -0.15) is 12.8 Å². The Balaban J connectivity index is 0.000000175. The summed E-state index contributed by atoms with van der Waals surface area (Å²) in [7, 11) is -3.67. The van der Waals surface area contributed by atoms with Crippen molar-refractivity contribution in [1.29, 1.82) is 0 Å². The van der Waals surface area contributed by atoms with Crippen molar-refractivity contribution in [2.75, 3.05) is 16.0 Å². The number of nitrogens with two attached hydrogens (primary N) is 1. The molecule has 7 aromatic rings. The Morgan fingerprint density at radius 2 is 1.36 bits per heavy atom. The number of carbonyl (C=O) groups excluding carboxylic acids is 1. The van der Waals surface area contributed by atoms with Gasteiger partial charge >= 0.3 is 5.91 Å². The summed E-state index contributed by atoms with van der Waals surface area (Å²) < 4.78 is 32.7. The summed E-state index contributed by atoms with van der Waals surface area (Å²) in [5.41, 5.74) is 12.6. The van der Waals surface area contributed by atoms with Gasteiger partial charge in [-0.25, -0.2) is 29.1 Å². The van der Waals surface area contributed by atoms with E-state index in [4.69, 9.17) is 17.3 Å². The second-order valence-corrected chi connectivity index (χ2v) is 14.3. The Labute approximate surface area is 304 Å². The van der Waals surface area contributed by atoms with Crippen LogP contribution < -0.4 is 16.0 Å². The van der Waals surface area contributed by atoms with Gasteiger partial charge in [-0.3, -0.25) is 10.2 Å². The van der Waals surface area contributed by atoms with E-state index in [2.05, 4.69) is 45.5 Å². The summed E-state index contributed by atoms with van der Waals surface area (Å²) in [6.07, 6.45) is 3.32. The first-order valence-electron chi connectivity index (χ1n) is 14.8. The van der Waals surface area contributed by atoms with Crippen LogP contribution in [-0.2, 0) is 10.0 Å². The number of hydrogen-bond donors (Lipinski definition) is 3. The topological polar surface area (TPSA) is 163 Å². The zero-order valence-corrected chi connectivity index (χ0v) is 30.1. The standard InChI is InChI=1S/C18H13ClN6OS.C16H14BrN3O2S/c19-13-8-6-12(7-9-13)15-22-17(27-24-15)16(26)23-25-10-14(21-18(25)20)11-4-2-1-3-5-11;1-12-18-16(13-5-3-2-4-6-13)11-20(12)19-23(21,22)15-9-7-14(17)8-10-15/h1-10H,(H2,20,21)(H,23,26);2-11,19H,1H3. The van der Waals surface area contributed by atoms with Crippen molar-refractivity contribution in [2.24, 2.45) is 0 Å². The molecule has 0 saturated heterocycles. The molecule has 3 heterocycles. The molecule has 0 aliphatic carbocycles. The summed E-state index contributed by atoms with van der Waals surface area (Å²) in [6.45, 7) is 1.75. The van der Waals surface area contributed by atoms with Gasteiger partial charge in [0.25, 0.3) is 10.0 Å². The fourth-order valence-corrected chi connectivity index (χ4v) is 6.54. The predicted octanol–water partition coefficient (Wildman–Crippen LogP) is 7.24. The molecule has 0 atom stereocenters. The van der Waals surface area contributed by atoms with E-state index >= 15 is 0 Å². The number of anilines is 1. The Kier molecular flexibility index (Phi) is 10.4. The highest BCUT2D eigenvalue weighted by Gasteiger charge is 2.18. The van der Waals surface area contributed by atoms with E-state index in [9.17, 15) is 13.2 Å². The second-order valence-electron chi connectivity index (χ2n) is 10.5. The maximum absolute atomic E-state index is 12.5. The number of sulfonamides is 1. The van der Waals surface area contributed by atoms with Crippen LogP contribution >= 0.6 is 39.1 Å². The number of carbonyl (C=O) groups is 1. The smallest absolute Gasteiger partial charge is 0.300 e. The number of amides is 1. The summed E-state index contributed by atoms with van der Waals surface area (Å²) in [6, 6.07) is 32.7. The van der Waals surface area contributed by atoms with Crippen LogP contribution in [0.4, 0.5) is 5.95 Å². The first-order chi connectivity index (χ1) is 24.1. The van der Waals surface area contributed by atoms with Crippen LogP contribution in [0.1, 0.15) is 15.6 Å². The molecule has 1 amide bonds. The number of nitrogen functional groups attached to an aromatic ring is 1. The first-order valence-corrected chi connectivity index (χ1v) is 18.2. The molecule has 252 valence electrons. The van der Waals surface area contributed by atoms with E-state index in [1.165, 1.54) is 21.5 Å². The quantitative estimate of drug-likeness (QED) is 0.145. The van der Waals surface area contributed by atoms with Gasteiger partial charge in [0.2, 0.25) is 11.0 Å². The number of benzene rings is 4. The molecule has 3 aromatic heterocycles. The van der Waals surface area contributed by atoms with E-state index < -0.39 is 15.9 Å². The van der Waals surface area contributed by atoms with Crippen molar-refractivity contribution in [1.82, 2.24) is 28.7 Å². The lowest BCUT2D eigenvalue weighted by Gasteiger charge is -2.09. The fourth-order valence-electron chi connectivity index (χ4n) is 4.53. The molecular formula is C34H27BrClN9O3S2. The Bertz CT molecular complexity index is 2350. The minimum absolute atomic E-state index is 0.171. The first kappa shape index (κ1) is 34.5. The molecule has 0 saturated carbocycles. The fraction of sp³-hybridized carbons (Fsp3) is 0.0294. The molecule has 7 rings (SSSR count). The van der Waals surface area contributed by atoms with E-state index in [1.54, 1.807) is 55.7 Å². The highest BCUT2D eigenvalue weighted by Crippen LogP contribution is 2.23. The highest BCUT2D eigenvalue weighted by molar-refractivity contribution is 9.10. The van der Waals surface area contributed by atoms with Gasteiger partial charge in [0.05, 0.1) is 28.7 Å². The molecule has 4 aromatic carbocycles. The largest absolute Gasteiger partial charge is 0.368 e. The van der Waals surface area contributed by atoms with Crippen LogP contribution in [0.5, 0.6) is 0 Å². The molecule has 0 radical (unpaired) electrons. The number of aromatic nitrogens is 6. The van der Waals surface area contributed by atoms with Crippen molar-refractivity contribution in [2.45, 2.75) is 11.8 Å². The van der Waals surface area contributed by atoms with Crippen molar-refractivity contribution < 1.29 is 13.2 Å². The Hall–Kier alpha value is -5.35. The lowest BCUT2D eigenvalue weighted by Crippen LogP contribution is -2.23. The minimum atomic E-state index is -3.67. The Morgan fingerprint density at radius 3 is 1.98 bits per heavy atom. The maximum atomic E-state index is 12.5. The van der Waals surface area contributed by atoms with Crippen molar-refractivity contribution in [3.8, 4) is 33.9 Å². The molecule has 0 bridgehead atoms. The van der Waals surface area contributed by atoms with Gasteiger partial charge in [0, 0.05) is 26.2 Å². The van der Waals surface area contributed by atoms with Crippen LogP contribution in [0.2, 0.25) is 5.02 Å².